The summed E-state index contributed by atoms with van der Waals surface area (Å²) in [4.78, 5) is 58.8. The Kier molecular flexibility index (Phi) is 7.92. The molecule has 0 bridgehead atoms. The Bertz CT molecular complexity index is 1470. The number of urea groups is 1. The van der Waals surface area contributed by atoms with Crippen molar-refractivity contribution in [2.45, 2.75) is 18.5 Å². The number of carbonyl (C=O) groups is 4. The highest BCUT2D eigenvalue weighted by Crippen LogP contribution is 2.35. The summed E-state index contributed by atoms with van der Waals surface area (Å²) in [5, 5.41) is 6.84. The van der Waals surface area contributed by atoms with Crippen LogP contribution < -0.4 is 29.7 Å². The lowest BCUT2D eigenvalue weighted by Gasteiger charge is -2.25. The molecule has 13 nitrogen and oxygen atoms in total. The molecule has 2 aromatic carbocycles. The van der Waals surface area contributed by atoms with Gasteiger partial charge >= 0.3 is 12.2 Å². The van der Waals surface area contributed by atoms with Crippen molar-refractivity contribution in [1.29, 1.82) is 0 Å². The van der Waals surface area contributed by atoms with Crippen molar-refractivity contribution in [2.24, 2.45) is 0 Å². The number of ether oxygens (including phenoxy) is 4. The molecule has 0 radical (unpaired) electrons. The highest BCUT2D eigenvalue weighted by atomic mass is 32.1. The Hall–Kier alpha value is -4.85. The van der Waals surface area contributed by atoms with Gasteiger partial charge in [0.05, 0.1) is 12.5 Å². The summed E-state index contributed by atoms with van der Waals surface area (Å²) >= 11 is 1.00. The summed E-state index contributed by atoms with van der Waals surface area (Å²) < 4.78 is 20.5. The number of thiazole rings is 1. The Morgan fingerprint density at radius 2 is 1.88 bits per heavy atom. The second kappa shape index (κ2) is 11.7. The van der Waals surface area contributed by atoms with Gasteiger partial charge in [-0.25, -0.2) is 14.5 Å². The van der Waals surface area contributed by atoms with Gasteiger partial charge in [0, 0.05) is 26.2 Å². The largest absolute Gasteiger partial charge is 0.514 e. The summed E-state index contributed by atoms with van der Waals surface area (Å²) in [6, 6.07) is 9.47. The zero-order valence-electron chi connectivity index (χ0n) is 22.4. The van der Waals surface area contributed by atoms with Gasteiger partial charge in [0.2, 0.25) is 11.8 Å². The number of aromatic nitrogens is 1. The second-order valence-corrected chi connectivity index (χ2v) is 10.2. The average molecular weight is 582 g/mol. The Morgan fingerprint density at radius 1 is 1.15 bits per heavy atom. The number of hydrogen-bond donors (Lipinski definition) is 2. The van der Waals surface area contributed by atoms with Crippen molar-refractivity contribution in [3.05, 3.63) is 59.0 Å². The summed E-state index contributed by atoms with van der Waals surface area (Å²) in [5.41, 5.74) is 2.17. The van der Waals surface area contributed by atoms with E-state index in [-0.39, 0.29) is 17.4 Å². The fourth-order valence-corrected chi connectivity index (χ4v) is 5.00. The molecule has 214 valence electrons. The van der Waals surface area contributed by atoms with Crippen LogP contribution in [0.15, 0.2) is 47.8 Å². The fourth-order valence-electron chi connectivity index (χ4n) is 4.39. The van der Waals surface area contributed by atoms with E-state index in [9.17, 15) is 19.2 Å². The minimum absolute atomic E-state index is 0.0451. The fraction of sp³-hybridized carbons (Fsp3) is 0.296. The zero-order chi connectivity index (χ0) is 29.1. The van der Waals surface area contributed by atoms with E-state index in [1.807, 2.05) is 43.3 Å². The third-order valence-electron chi connectivity index (χ3n) is 6.43. The molecule has 14 heteroatoms. The van der Waals surface area contributed by atoms with Crippen LogP contribution in [0.2, 0.25) is 0 Å². The van der Waals surface area contributed by atoms with Crippen molar-refractivity contribution < 1.29 is 38.1 Å². The van der Waals surface area contributed by atoms with Crippen molar-refractivity contribution in [3.8, 4) is 17.4 Å². The van der Waals surface area contributed by atoms with E-state index in [0.29, 0.717) is 30.3 Å². The lowest BCUT2D eigenvalue weighted by Crippen LogP contribution is -2.49. The van der Waals surface area contributed by atoms with E-state index < -0.39 is 36.1 Å². The molecule has 4 amide bonds. The highest BCUT2D eigenvalue weighted by molar-refractivity contribution is 7.14. The van der Waals surface area contributed by atoms with Crippen molar-refractivity contribution in [2.75, 3.05) is 44.6 Å². The number of methoxy groups -OCH3 is 1. The lowest BCUT2D eigenvalue weighted by molar-refractivity contribution is -0.134. The number of fused-ring (bicyclic) bond motifs is 1. The molecule has 1 aromatic heterocycles. The van der Waals surface area contributed by atoms with Gasteiger partial charge in [-0.2, -0.15) is 4.98 Å². The maximum atomic E-state index is 13.7. The molecular weight excluding hydrogens is 554 g/mol. The van der Waals surface area contributed by atoms with Gasteiger partial charge in [0.15, 0.2) is 16.6 Å². The molecule has 2 aliphatic rings. The number of hydrogen-bond acceptors (Lipinski definition) is 11. The number of anilines is 2. The Balaban J connectivity index is 1.41. The number of nitrogens with one attached hydrogen (secondary N) is 2. The number of benzene rings is 2. The van der Waals surface area contributed by atoms with Crippen molar-refractivity contribution >= 4 is 46.2 Å². The van der Waals surface area contributed by atoms with E-state index in [1.54, 1.807) is 18.2 Å². The van der Waals surface area contributed by atoms with Crippen LogP contribution in [-0.4, -0.2) is 74.3 Å². The Morgan fingerprint density at radius 3 is 2.59 bits per heavy atom. The third-order valence-corrected chi connectivity index (χ3v) is 7.17. The molecular formula is C27H27N5O8S. The first kappa shape index (κ1) is 27.7. The van der Waals surface area contributed by atoms with Crippen LogP contribution in [0.1, 0.15) is 17.2 Å². The van der Waals surface area contributed by atoms with Gasteiger partial charge in [0.25, 0.3) is 5.91 Å². The van der Waals surface area contributed by atoms with Gasteiger partial charge in [0.1, 0.15) is 25.3 Å². The SMILES string of the molecule is COC(=O)Oc1csc(NC(=O)[C@H](Cc2ccc(N(C)C)cc2)N2C(=O)NC(c3ccc4c(c3)OCCO4)C2=O)n1. The number of imide groups is 1. The summed E-state index contributed by atoms with van der Waals surface area (Å²) in [6.07, 6.45) is -0.916. The molecule has 1 saturated heterocycles. The molecule has 0 aliphatic carbocycles. The molecule has 5 rings (SSSR count). The van der Waals surface area contributed by atoms with Crippen molar-refractivity contribution in [3.63, 3.8) is 0 Å². The number of nitrogens with zero attached hydrogens (tertiary/aromatic N) is 3. The molecule has 2 N–H and O–H groups in total. The van der Waals surface area contributed by atoms with Gasteiger partial charge in [-0.3, -0.25) is 9.59 Å². The maximum Gasteiger partial charge on any atom is 0.514 e. The van der Waals surface area contributed by atoms with Crippen LogP contribution in [0.5, 0.6) is 17.4 Å². The second-order valence-electron chi connectivity index (χ2n) is 9.31. The molecule has 3 aromatic rings. The van der Waals surface area contributed by atoms with Crippen LogP contribution in [0, 0.1) is 0 Å². The topological polar surface area (TPSA) is 149 Å². The smallest absolute Gasteiger partial charge is 0.486 e. The Labute approximate surface area is 238 Å². The summed E-state index contributed by atoms with van der Waals surface area (Å²) in [5.74, 6) is -0.288. The molecule has 2 atom stereocenters. The average Bonchev–Trinajstić information content (AvgIpc) is 3.53. The summed E-state index contributed by atoms with van der Waals surface area (Å²) in [7, 11) is 4.97. The van der Waals surface area contributed by atoms with E-state index in [2.05, 4.69) is 20.4 Å². The van der Waals surface area contributed by atoms with E-state index in [1.165, 1.54) is 5.38 Å². The zero-order valence-corrected chi connectivity index (χ0v) is 23.2. The van der Waals surface area contributed by atoms with Gasteiger partial charge < -0.3 is 34.5 Å². The monoisotopic (exact) mass is 581 g/mol. The molecule has 3 heterocycles. The summed E-state index contributed by atoms with van der Waals surface area (Å²) in [6.45, 7) is 0.784. The molecule has 1 fully saturated rings. The third kappa shape index (κ3) is 6.01. The van der Waals surface area contributed by atoms with Gasteiger partial charge in [-0.1, -0.05) is 18.2 Å². The van der Waals surface area contributed by atoms with Crippen LogP contribution in [0.3, 0.4) is 0 Å². The first-order valence-corrected chi connectivity index (χ1v) is 13.4. The number of carbonyl (C=O) groups excluding carboxylic acids is 4. The van der Waals surface area contributed by atoms with Crippen molar-refractivity contribution in [1.82, 2.24) is 15.2 Å². The first-order valence-electron chi connectivity index (χ1n) is 12.5. The van der Waals surface area contributed by atoms with Crippen LogP contribution in [0.4, 0.5) is 20.4 Å². The molecule has 0 saturated carbocycles. The number of rotatable bonds is 8. The minimum Gasteiger partial charge on any atom is -0.486 e. The highest BCUT2D eigenvalue weighted by Gasteiger charge is 2.45. The van der Waals surface area contributed by atoms with E-state index >= 15 is 0 Å². The normalized spacial score (nSPS) is 16.6. The van der Waals surface area contributed by atoms with Crippen LogP contribution in [-0.2, 0) is 20.7 Å². The predicted molar refractivity (Wildman–Crippen MR) is 148 cm³/mol. The molecule has 2 aliphatic heterocycles. The number of amides is 4. The molecule has 0 spiro atoms. The van der Waals surface area contributed by atoms with Gasteiger partial charge in [-0.15, -0.1) is 11.3 Å². The quantitative estimate of drug-likeness (QED) is 0.300. The standard InChI is InChI=1S/C27H27N5O8S/c1-31(2)17-7-4-15(5-8-17)12-18(23(33)30-25-28-21(14-41-25)40-27(36)37-3)32-24(34)22(29-26(32)35)16-6-9-19-20(13-16)39-11-10-38-19/h4-9,13-14,18,22H,10-12H2,1-3H3,(H,29,35)(H,28,30,33)/t18-,22?/m0/s1. The molecule has 41 heavy (non-hydrogen) atoms. The lowest BCUT2D eigenvalue weighted by atomic mass is 10.0. The van der Waals surface area contributed by atoms with E-state index in [4.69, 9.17) is 14.2 Å². The molecule has 1 unspecified atom stereocenters. The first-order chi connectivity index (χ1) is 19.7. The van der Waals surface area contributed by atoms with Crippen LogP contribution >= 0.6 is 11.3 Å². The minimum atomic E-state index is -1.22. The van der Waals surface area contributed by atoms with Gasteiger partial charge in [-0.05, 0) is 35.4 Å². The maximum absolute atomic E-state index is 13.7. The predicted octanol–water partition coefficient (Wildman–Crippen LogP) is 2.97. The van der Waals surface area contributed by atoms with Crippen LogP contribution in [0.25, 0.3) is 0 Å². The van der Waals surface area contributed by atoms with E-state index in [0.717, 1.165) is 34.6 Å².